The molecule has 0 aliphatic carbocycles. The second kappa shape index (κ2) is 5.97. The first-order valence-electron chi connectivity index (χ1n) is 6.77. The van der Waals surface area contributed by atoms with E-state index in [0.717, 1.165) is 19.4 Å². The molecule has 0 saturated heterocycles. The summed E-state index contributed by atoms with van der Waals surface area (Å²) in [7, 11) is 1.79. The van der Waals surface area contributed by atoms with Crippen molar-refractivity contribution < 1.29 is 0 Å². The van der Waals surface area contributed by atoms with Gasteiger partial charge in [-0.25, -0.2) is 4.98 Å². The fourth-order valence-electron chi connectivity index (χ4n) is 2.12. The first-order chi connectivity index (χ1) is 9.17. The Morgan fingerprint density at radius 3 is 2.89 bits per heavy atom. The topological polar surface area (TPSA) is 64.7 Å². The van der Waals surface area contributed by atoms with Gasteiger partial charge in [0, 0.05) is 19.6 Å². The van der Waals surface area contributed by atoms with Crippen LogP contribution < -0.4 is 10.9 Å². The summed E-state index contributed by atoms with van der Waals surface area (Å²) in [5, 5.41) is 8.09. The average Bonchev–Trinajstić information content (AvgIpc) is 2.79. The second-order valence-electron chi connectivity index (χ2n) is 4.77. The summed E-state index contributed by atoms with van der Waals surface area (Å²) in [6.07, 6.45) is 5.27. The molecule has 2 aromatic rings. The quantitative estimate of drug-likeness (QED) is 0.841. The Bertz CT molecular complexity index is 601. The molecule has 0 aliphatic heterocycles. The first-order valence-corrected chi connectivity index (χ1v) is 6.77. The highest BCUT2D eigenvalue weighted by Crippen LogP contribution is 2.04. The predicted molar refractivity (Wildman–Crippen MR) is 75.1 cm³/mol. The molecule has 2 rings (SSSR count). The highest BCUT2D eigenvalue weighted by molar-refractivity contribution is 5.72. The number of fused-ring (bicyclic) bond motifs is 1. The third-order valence-electron chi connectivity index (χ3n) is 3.31. The Kier molecular flexibility index (Phi) is 4.31. The Labute approximate surface area is 112 Å². The van der Waals surface area contributed by atoms with Gasteiger partial charge in [0.25, 0.3) is 5.56 Å². The standard InChI is InChI=1S/C13H21N5O/c1-4-6-14-10(5-2)8-18-9-15-12-11(13(18)19)7-16-17(12)3/h7,9-10,14H,4-6,8H2,1-3H3. The van der Waals surface area contributed by atoms with E-state index in [4.69, 9.17) is 0 Å². The Hall–Kier alpha value is -1.69. The number of aryl methyl sites for hydroxylation is 1. The van der Waals surface area contributed by atoms with Crippen molar-refractivity contribution in [3.8, 4) is 0 Å². The van der Waals surface area contributed by atoms with E-state index in [2.05, 4.69) is 29.2 Å². The Morgan fingerprint density at radius 1 is 1.42 bits per heavy atom. The lowest BCUT2D eigenvalue weighted by Crippen LogP contribution is -2.36. The van der Waals surface area contributed by atoms with Crippen molar-refractivity contribution in [2.24, 2.45) is 7.05 Å². The van der Waals surface area contributed by atoms with E-state index >= 15 is 0 Å². The average molecular weight is 263 g/mol. The summed E-state index contributed by atoms with van der Waals surface area (Å²) in [6, 6.07) is 0.300. The van der Waals surface area contributed by atoms with Crippen LogP contribution in [0.25, 0.3) is 11.0 Å². The maximum absolute atomic E-state index is 12.3. The van der Waals surface area contributed by atoms with Crippen molar-refractivity contribution in [3.63, 3.8) is 0 Å². The van der Waals surface area contributed by atoms with E-state index in [1.54, 1.807) is 28.8 Å². The molecule has 104 valence electrons. The van der Waals surface area contributed by atoms with Crippen LogP contribution in [-0.4, -0.2) is 31.9 Å². The van der Waals surface area contributed by atoms with Gasteiger partial charge in [-0.05, 0) is 19.4 Å². The molecule has 6 nitrogen and oxygen atoms in total. The highest BCUT2D eigenvalue weighted by atomic mass is 16.1. The van der Waals surface area contributed by atoms with Crippen molar-refractivity contribution in [2.75, 3.05) is 6.54 Å². The van der Waals surface area contributed by atoms with Crippen LogP contribution >= 0.6 is 0 Å². The third kappa shape index (κ3) is 2.84. The fourth-order valence-corrected chi connectivity index (χ4v) is 2.12. The lowest BCUT2D eigenvalue weighted by Gasteiger charge is -2.17. The molecule has 1 unspecified atom stereocenters. The van der Waals surface area contributed by atoms with Gasteiger partial charge < -0.3 is 5.32 Å². The van der Waals surface area contributed by atoms with Gasteiger partial charge in [0.05, 0.1) is 6.20 Å². The molecule has 2 aromatic heterocycles. The van der Waals surface area contributed by atoms with E-state index in [1.165, 1.54) is 0 Å². The van der Waals surface area contributed by atoms with Gasteiger partial charge in [-0.2, -0.15) is 5.10 Å². The summed E-state index contributed by atoms with van der Waals surface area (Å²) in [4.78, 5) is 16.6. The van der Waals surface area contributed by atoms with Crippen LogP contribution in [0.4, 0.5) is 0 Å². The summed E-state index contributed by atoms with van der Waals surface area (Å²) in [5.41, 5.74) is 0.616. The number of hydrogen-bond acceptors (Lipinski definition) is 4. The van der Waals surface area contributed by atoms with Gasteiger partial charge in [0.15, 0.2) is 5.65 Å². The minimum atomic E-state index is -0.0187. The van der Waals surface area contributed by atoms with Gasteiger partial charge in [-0.1, -0.05) is 13.8 Å². The molecule has 2 heterocycles. The normalized spacial score (nSPS) is 13.0. The van der Waals surface area contributed by atoms with Crippen LogP contribution in [-0.2, 0) is 13.6 Å². The van der Waals surface area contributed by atoms with Crippen LogP contribution in [0.1, 0.15) is 26.7 Å². The minimum Gasteiger partial charge on any atom is -0.312 e. The van der Waals surface area contributed by atoms with E-state index in [1.807, 2.05) is 0 Å². The lowest BCUT2D eigenvalue weighted by molar-refractivity contribution is 0.430. The molecule has 0 aromatic carbocycles. The molecule has 0 aliphatic rings. The smallest absolute Gasteiger partial charge is 0.264 e. The van der Waals surface area contributed by atoms with E-state index in [-0.39, 0.29) is 5.56 Å². The van der Waals surface area contributed by atoms with Gasteiger partial charge in [0.2, 0.25) is 0 Å². The summed E-state index contributed by atoms with van der Waals surface area (Å²) < 4.78 is 3.29. The third-order valence-corrected chi connectivity index (χ3v) is 3.31. The van der Waals surface area contributed by atoms with Gasteiger partial charge in [-0.15, -0.1) is 0 Å². The maximum atomic E-state index is 12.3. The minimum absolute atomic E-state index is 0.0187. The molecule has 19 heavy (non-hydrogen) atoms. The molecular formula is C13H21N5O. The molecular weight excluding hydrogens is 242 g/mol. The van der Waals surface area contributed by atoms with Crippen molar-refractivity contribution in [3.05, 3.63) is 22.9 Å². The number of hydrogen-bond donors (Lipinski definition) is 1. The Morgan fingerprint density at radius 2 is 2.21 bits per heavy atom. The lowest BCUT2D eigenvalue weighted by atomic mass is 10.2. The van der Waals surface area contributed by atoms with Crippen molar-refractivity contribution in [2.45, 2.75) is 39.3 Å². The van der Waals surface area contributed by atoms with Gasteiger partial charge in [-0.3, -0.25) is 14.0 Å². The van der Waals surface area contributed by atoms with Crippen LogP contribution in [0.2, 0.25) is 0 Å². The summed E-state index contributed by atoms with van der Waals surface area (Å²) in [5.74, 6) is 0. The van der Waals surface area contributed by atoms with E-state index < -0.39 is 0 Å². The van der Waals surface area contributed by atoms with Gasteiger partial charge >= 0.3 is 0 Å². The summed E-state index contributed by atoms with van der Waals surface area (Å²) >= 11 is 0. The van der Waals surface area contributed by atoms with Crippen LogP contribution in [0, 0.1) is 0 Å². The maximum Gasteiger partial charge on any atom is 0.264 e. The number of nitrogens with one attached hydrogen (secondary N) is 1. The highest BCUT2D eigenvalue weighted by Gasteiger charge is 2.11. The molecule has 0 saturated carbocycles. The van der Waals surface area contributed by atoms with Crippen LogP contribution in [0.15, 0.2) is 17.3 Å². The van der Waals surface area contributed by atoms with Crippen molar-refractivity contribution in [1.29, 1.82) is 0 Å². The SMILES string of the molecule is CCCNC(CC)Cn1cnc2c(cnn2C)c1=O. The zero-order valence-electron chi connectivity index (χ0n) is 11.8. The zero-order chi connectivity index (χ0) is 13.8. The molecule has 0 bridgehead atoms. The largest absolute Gasteiger partial charge is 0.312 e. The van der Waals surface area contributed by atoms with Crippen LogP contribution in [0.5, 0.6) is 0 Å². The molecule has 0 amide bonds. The first kappa shape index (κ1) is 13.7. The fraction of sp³-hybridized carbons (Fsp3) is 0.615. The van der Waals surface area contributed by atoms with Crippen molar-refractivity contribution in [1.82, 2.24) is 24.6 Å². The molecule has 1 atom stereocenters. The van der Waals surface area contributed by atoms with E-state index in [9.17, 15) is 4.79 Å². The van der Waals surface area contributed by atoms with Crippen molar-refractivity contribution >= 4 is 11.0 Å². The Balaban J connectivity index is 2.25. The predicted octanol–water partition coefficient (Wildman–Crippen LogP) is 0.908. The van der Waals surface area contributed by atoms with Crippen LogP contribution in [0.3, 0.4) is 0 Å². The molecule has 1 N–H and O–H groups in total. The zero-order valence-corrected chi connectivity index (χ0v) is 11.8. The molecule has 0 spiro atoms. The number of aromatic nitrogens is 4. The number of nitrogens with zero attached hydrogens (tertiary/aromatic N) is 4. The molecule has 0 radical (unpaired) electrons. The number of rotatable bonds is 6. The van der Waals surface area contributed by atoms with E-state index in [0.29, 0.717) is 23.6 Å². The summed E-state index contributed by atoms with van der Waals surface area (Å²) in [6.45, 7) is 5.87. The second-order valence-corrected chi connectivity index (χ2v) is 4.77. The molecule has 6 heteroatoms. The molecule has 0 fully saturated rings. The van der Waals surface area contributed by atoms with Gasteiger partial charge in [0.1, 0.15) is 11.7 Å². The monoisotopic (exact) mass is 263 g/mol.